The van der Waals surface area contributed by atoms with Gasteiger partial charge in [-0.3, -0.25) is 4.79 Å². The van der Waals surface area contributed by atoms with Gasteiger partial charge < -0.3 is 14.8 Å². The molecule has 0 bridgehead atoms. The van der Waals surface area contributed by atoms with Gasteiger partial charge in [-0.1, -0.05) is 24.3 Å². The third-order valence-electron chi connectivity index (χ3n) is 3.56. The SMILES string of the molecule is Cc1ccoc1C(=O)NC1c2ccccc2CC1O. The summed E-state index contributed by atoms with van der Waals surface area (Å²) in [6.07, 6.45) is 1.47. The van der Waals surface area contributed by atoms with E-state index in [0.29, 0.717) is 12.2 Å². The monoisotopic (exact) mass is 257 g/mol. The van der Waals surface area contributed by atoms with E-state index in [1.807, 2.05) is 31.2 Å². The number of hydrogen-bond donors (Lipinski definition) is 2. The zero-order valence-electron chi connectivity index (χ0n) is 10.6. The van der Waals surface area contributed by atoms with Crippen molar-refractivity contribution in [3.8, 4) is 0 Å². The first-order chi connectivity index (χ1) is 9.16. The van der Waals surface area contributed by atoms with E-state index < -0.39 is 6.10 Å². The number of hydrogen-bond acceptors (Lipinski definition) is 3. The third-order valence-corrected chi connectivity index (χ3v) is 3.56. The first kappa shape index (κ1) is 12.0. The molecule has 0 fully saturated rings. The Bertz CT molecular complexity index is 617. The number of carbonyl (C=O) groups excluding carboxylic acids is 1. The van der Waals surface area contributed by atoms with E-state index in [-0.39, 0.29) is 11.9 Å². The average Bonchev–Trinajstić information content (AvgIpc) is 2.94. The van der Waals surface area contributed by atoms with Crippen LogP contribution in [0.3, 0.4) is 0 Å². The van der Waals surface area contributed by atoms with Crippen LogP contribution in [-0.4, -0.2) is 17.1 Å². The van der Waals surface area contributed by atoms with Crippen LogP contribution in [0.25, 0.3) is 0 Å². The van der Waals surface area contributed by atoms with Crippen molar-refractivity contribution in [3.63, 3.8) is 0 Å². The van der Waals surface area contributed by atoms with Gasteiger partial charge in [0.05, 0.1) is 18.4 Å². The average molecular weight is 257 g/mol. The predicted molar refractivity (Wildman–Crippen MR) is 69.8 cm³/mol. The molecular weight excluding hydrogens is 242 g/mol. The van der Waals surface area contributed by atoms with Gasteiger partial charge in [0, 0.05) is 12.0 Å². The summed E-state index contributed by atoms with van der Waals surface area (Å²) in [5.74, 6) is 0.0137. The predicted octanol–water partition coefficient (Wildman–Crippen LogP) is 1.98. The number of aliphatic hydroxyl groups excluding tert-OH is 1. The Balaban J connectivity index is 1.84. The highest BCUT2D eigenvalue weighted by Crippen LogP contribution is 2.31. The molecular formula is C15H15NO3. The van der Waals surface area contributed by atoms with Crippen molar-refractivity contribution >= 4 is 5.91 Å². The number of amides is 1. The van der Waals surface area contributed by atoms with Crippen LogP contribution in [0, 0.1) is 6.92 Å². The molecule has 1 heterocycles. The van der Waals surface area contributed by atoms with Crippen molar-refractivity contribution < 1.29 is 14.3 Å². The first-order valence-electron chi connectivity index (χ1n) is 6.27. The number of aryl methyl sites for hydroxylation is 1. The Kier molecular flexibility index (Phi) is 2.87. The van der Waals surface area contributed by atoms with E-state index in [2.05, 4.69) is 5.32 Å². The summed E-state index contributed by atoms with van der Waals surface area (Å²) in [6.45, 7) is 1.82. The van der Waals surface area contributed by atoms with Crippen LogP contribution in [0.15, 0.2) is 41.0 Å². The molecule has 98 valence electrons. The van der Waals surface area contributed by atoms with Crippen LogP contribution >= 0.6 is 0 Å². The minimum atomic E-state index is -0.586. The molecule has 4 heteroatoms. The number of furan rings is 1. The number of rotatable bonds is 2. The Morgan fingerprint density at radius 1 is 1.37 bits per heavy atom. The number of benzene rings is 1. The van der Waals surface area contributed by atoms with Gasteiger partial charge in [-0.25, -0.2) is 0 Å². The molecule has 2 atom stereocenters. The lowest BCUT2D eigenvalue weighted by Gasteiger charge is -2.17. The molecule has 2 aromatic rings. The Morgan fingerprint density at radius 3 is 2.89 bits per heavy atom. The molecule has 0 radical (unpaired) electrons. The van der Waals surface area contributed by atoms with Crippen LogP contribution in [-0.2, 0) is 6.42 Å². The zero-order valence-corrected chi connectivity index (χ0v) is 10.6. The molecule has 2 N–H and O–H groups in total. The fourth-order valence-electron chi connectivity index (χ4n) is 2.56. The van der Waals surface area contributed by atoms with E-state index in [1.54, 1.807) is 6.07 Å². The van der Waals surface area contributed by atoms with Crippen molar-refractivity contribution in [2.24, 2.45) is 0 Å². The second-order valence-electron chi connectivity index (χ2n) is 4.85. The van der Waals surface area contributed by atoms with Gasteiger partial charge >= 0.3 is 0 Å². The smallest absolute Gasteiger partial charge is 0.287 e. The quantitative estimate of drug-likeness (QED) is 0.864. The van der Waals surface area contributed by atoms with Crippen molar-refractivity contribution in [1.82, 2.24) is 5.32 Å². The molecule has 1 aromatic heterocycles. The fraction of sp³-hybridized carbons (Fsp3) is 0.267. The minimum absolute atomic E-state index is 0.289. The molecule has 3 rings (SSSR count). The third kappa shape index (κ3) is 2.04. The number of fused-ring (bicyclic) bond motifs is 1. The summed E-state index contributed by atoms with van der Waals surface area (Å²) in [6, 6.07) is 9.14. The van der Waals surface area contributed by atoms with Gasteiger partial charge in [0.25, 0.3) is 5.91 Å². The first-order valence-corrected chi connectivity index (χ1v) is 6.27. The number of nitrogens with one attached hydrogen (secondary N) is 1. The van der Waals surface area contributed by atoms with Gasteiger partial charge in [-0.2, -0.15) is 0 Å². The number of aliphatic hydroxyl groups is 1. The van der Waals surface area contributed by atoms with Gasteiger partial charge in [0.2, 0.25) is 0 Å². The molecule has 1 aromatic carbocycles. The van der Waals surface area contributed by atoms with Crippen molar-refractivity contribution in [2.75, 3.05) is 0 Å². The maximum atomic E-state index is 12.1. The Morgan fingerprint density at radius 2 is 2.16 bits per heavy atom. The van der Waals surface area contributed by atoms with Crippen molar-refractivity contribution in [1.29, 1.82) is 0 Å². The highest BCUT2D eigenvalue weighted by molar-refractivity contribution is 5.93. The highest BCUT2D eigenvalue weighted by Gasteiger charge is 2.32. The van der Waals surface area contributed by atoms with Gasteiger partial charge in [-0.15, -0.1) is 0 Å². The molecule has 4 nitrogen and oxygen atoms in total. The van der Waals surface area contributed by atoms with Crippen LogP contribution in [0.2, 0.25) is 0 Å². The minimum Gasteiger partial charge on any atom is -0.459 e. The zero-order chi connectivity index (χ0) is 13.4. The van der Waals surface area contributed by atoms with Crippen LogP contribution < -0.4 is 5.32 Å². The van der Waals surface area contributed by atoms with E-state index in [4.69, 9.17) is 4.42 Å². The van der Waals surface area contributed by atoms with Crippen molar-refractivity contribution in [2.45, 2.75) is 25.5 Å². The topological polar surface area (TPSA) is 62.5 Å². The van der Waals surface area contributed by atoms with E-state index in [0.717, 1.165) is 16.7 Å². The summed E-state index contributed by atoms with van der Waals surface area (Å²) >= 11 is 0. The standard InChI is InChI=1S/C15H15NO3/c1-9-6-7-19-14(9)15(18)16-13-11-5-3-2-4-10(11)8-12(13)17/h2-7,12-13,17H,8H2,1H3,(H,16,18). The maximum absolute atomic E-state index is 12.1. The molecule has 1 aliphatic carbocycles. The normalized spacial score (nSPS) is 21.2. The lowest BCUT2D eigenvalue weighted by Crippen LogP contribution is -2.33. The molecule has 0 aliphatic heterocycles. The van der Waals surface area contributed by atoms with Gasteiger partial charge in [0.15, 0.2) is 5.76 Å². The summed E-state index contributed by atoms with van der Waals surface area (Å²) in [5, 5.41) is 12.9. The van der Waals surface area contributed by atoms with Crippen molar-refractivity contribution in [3.05, 3.63) is 59.0 Å². The van der Waals surface area contributed by atoms with Crippen LogP contribution in [0.4, 0.5) is 0 Å². The molecule has 1 amide bonds. The summed E-state index contributed by atoms with van der Waals surface area (Å²) in [7, 11) is 0. The maximum Gasteiger partial charge on any atom is 0.287 e. The molecule has 1 aliphatic rings. The summed E-state index contributed by atoms with van der Waals surface area (Å²) in [4.78, 5) is 12.1. The highest BCUT2D eigenvalue weighted by atomic mass is 16.3. The van der Waals surface area contributed by atoms with E-state index in [1.165, 1.54) is 6.26 Å². The second kappa shape index (κ2) is 4.55. The molecule has 0 spiro atoms. The van der Waals surface area contributed by atoms with Gasteiger partial charge in [-0.05, 0) is 24.1 Å². The fourth-order valence-corrected chi connectivity index (χ4v) is 2.56. The van der Waals surface area contributed by atoms with E-state index >= 15 is 0 Å². The lowest BCUT2D eigenvalue weighted by molar-refractivity contribution is 0.0831. The van der Waals surface area contributed by atoms with E-state index in [9.17, 15) is 9.90 Å². The molecule has 0 saturated carbocycles. The summed E-state index contributed by atoms with van der Waals surface area (Å²) < 4.78 is 5.17. The lowest BCUT2D eigenvalue weighted by atomic mass is 10.1. The largest absolute Gasteiger partial charge is 0.459 e. The van der Waals surface area contributed by atoms with Gasteiger partial charge in [0.1, 0.15) is 0 Å². The summed E-state index contributed by atoms with van der Waals surface area (Å²) in [5.41, 5.74) is 2.85. The Labute approximate surface area is 111 Å². The number of carbonyl (C=O) groups is 1. The molecule has 19 heavy (non-hydrogen) atoms. The molecule has 2 unspecified atom stereocenters. The second-order valence-corrected chi connectivity index (χ2v) is 4.85. The van der Waals surface area contributed by atoms with Crippen LogP contribution in [0.5, 0.6) is 0 Å². The Hall–Kier alpha value is -2.07. The molecule has 0 saturated heterocycles. The van der Waals surface area contributed by atoms with Crippen LogP contribution in [0.1, 0.15) is 33.3 Å².